The monoisotopic (exact) mass is 353 g/mol. The van der Waals surface area contributed by atoms with Crippen LogP contribution in [0.15, 0.2) is 27.8 Å². The number of carbonyl (C=O) groups excluding carboxylic acids is 1. The summed E-state index contributed by atoms with van der Waals surface area (Å²) < 4.78 is 2.26. The Morgan fingerprint density at radius 3 is 2.38 bits per heavy atom. The molecule has 0 aliphatic rings. The third-order valence-electron chi connectivity index (χ3n) is 4.30. The lowest BCUT2D eigenvalue weighted by molar-refractivity contribution is 0.102. The maximum absolute atomic E-state index is 12.6. The Morgan fingerprint density at radius 1 is 1.04 bits per heavy atom. The van der Waals surface area contributed by atoms with E-state index in [-0.39, 0.29) is 16.7 Å². The maximum Gasteiger partial charge on any atom is 0.332 e. The Bertz CT molecular complexity index is 1150. The Balaban J connectivity index is 2.08. The standard InChI is InChI=1S/C18H19N5O3/c1-9-8-10(2)19-11(3)14(9)21-16(24)13-7-6-12-15(20-13)22(4)18(26)23(5)17(12)25/h6-8H,1-5H3,(H,21,24). The largest absolute Gasteiger partial charge is 0.332 e. The molecular formula is C18H19N5O3. The first-order valence-electron chi connectivity index (χ1n) is 8.03. The van der Waals surface area contributed by atoms with Gasteiger partial charge in [0.2, 0.25) is 0 Å². The Morgan fingerprint density at radius 2 is 1.73 bits per heavy atom. The number of fused-ring (bicyclic) bond motifs is 1. The number of pyridine rings is 2. The molecule has 8 nitrogen and oxygen atoms in total. The number of carbonyl (C=O) groups is 1. The second-order valence-corrected chi connectivity index (χ2v) is 6.27. The van der Waals surface area contributed by atoms with Gasteiger partial charge in [-0.25, -0.2) is 9.78 Å². The lowest BCUT2D eigenvalue weighted by Gasteiger charge is -2.12. The van der Waals surface area contributed by atoms with Crippen LogP contribution < -0.4 is 16.6 Å². The molecule has 0 saturated carbocycles. The average Bonchev–Trinajstić information content (AvgIpc) is 2.60. The molecule has 0 aliphatic carbocycles. The first kappa shape index (κ1) is 17.5. The highest BCUT2D eigenvalue weighted by atomic mass is 16.2. The predicted molar refractivity (Wildman–Crippen MR) is 98.6 cm³/mol. The molecule has 0 unspecified atom stereocenters. The molecule has 3 aromatic rings. The lowest BCUT2D eigenvalue weighted by atomic mass is 10.1. The molecule has 26 heavy (non-hydrogen) atoms. The Kier molecular flexibility index (Phi) is 4.19. The van der Waals surface area contributed by atoms with E-state index in [0.29, 0.717) is 11.4 Å². The lowest BCUT2D eigenvalue weighted by Crippen LogP contribution is -2.37. The smallest absolute Gasteiger partial charge is 0.319 e. The van der Waals surface area contributed by atoms with Crippen LogP contribution in [0.3, 0.4) is 0 Å². The second-order valence-electron chi connectivity index (χ2n) is 6.27. The van der Waals surface area contributed by atoms with Crippen LogP contribution in [-0.2, 0) is 14.1 Å². The number of nitrogens with zero attached hydrogens (tertiary/aromatic N) is 4. The van der Waals surface area contributed by atoms with Crippen molar-refractivity contribution in [3.05, 3.63) is 61.7 Å². The summed E-state index contributed by atoms with van der Waals surface area (Å²) in [5, 5.41) is 3.09. The highest BCUT2D eigenvalue weighted by Gasteiger charge is 2.16. The third kappa shape index (κ3) is 2.79. The molecule has 134 valence electrons. The van der Waals surface area contributed by atoms with Crippen LogP contribution in [0.4, 0.5) is 5.69 Å². The van der Waals surface area contributed by atoms with E-state index in [1.807, 2.05) is 26.8 Å². The van der Waals surface area contributed by atoms with Crippen LogP contribution in [0.25, 0.3) is 11.0 Å². The van der Waals surface area contributed by atoms with Gasteiger partial charge in [-0.05, 0) is 44.5 Å². The van der Waals surface area contributed by atoms with Crippen molar-refractivity contribution < 1.29 is 4.79 Å². The molecule has 0 aromatic carbocycles. The van der Waals surface area contributed by atoms with Crippen molar-refractivity contribution >= 4 is 22.6 Å². The van der Waals surface area contributed by atoms with Gasteiger partial charge in [0.1, 0.15) is 11.3 Å². The van der Waals surface area contributed by atoms with Crippen LogP contribution in [0, 0.1) is 20.8 Å². The normalized spacial score (nSPS) is 11.0. The quantitative estimate of drug-likeness (QED) is 0.746. The number of rotatable bonds is 2. The van der Waals surface area contributed by atoms with Crippen molar-refractivity contribution in [3.63, 3.8) is 0 Å². The summed E-state index contributed by atoms with van der Waals surface area (Å²) in [6, 6.07) is 4.85. The van der Waals surface area contributed by atoms with E-state index in [4.69, 9.17) is 0 Å². The molecular weight excluding hydrogens is 334 g/mol. The van der Waals surface area contributed by atoms with Gasteiger partial charge in [-0.3, -0.25) is 23.7 Å². The van der Waals surface area contributed by atoms with Gasteiger partial charge < -0.3 is 5.32 Å². The minimum absolute atomic E-state index is 0.111. The molecule has 3 aromatic heterocycles. The minimum Gasteiger partial charge on any atom is -0.319 e. The van der Waals surface area contributed by atoms with Crippen molar-refractivity contribution in [1.82, 2.24) is 19.1 Å². The van der Waals surface area contributed by atoms with E-state index in [1.54, 1.807) is 0 Å². The summed E-state index contributed by atoms with van der Waals surface area (Å²) in [6.07, 6.45) is 0. The minimum atomic E-state index is -0.498. The van der Waals surface area contributed by atoms with Crippen molar-refractivity contribution in [2.24, 2.45) is 14.1 Å². The first-order chi connectivity index (χ1) is 12.2. The summed E-state index contributed by atoms with van der Waals surface area (Å²) in [6.45, 7) is 5.59. The van der Waals surface area contributed by atoms with Crippen LogP contribution in [0.5, 0.6) is 0 Å². The van der Waals surface area contributed by atoms with Gasteiger partial charge in [0.15, 0.2) is 0 Å². The van der Waals surface area contributed by atoms with E-state index >= 15 is 0 Å². The molecule has 0 bridgehead atoms. The molecule has 0 aliphatic heterocycles. The summed E-state index contributed by atoms with van der Waals surface area (Å²) in [4.78, 5) is 45.5. The molecule has 0 fully saturated rings. The molecule has 1 amide bonds. The number of aromatic nitrogens is 4. The summed E-state index contributed by atoms with van der Waals surface area (Å²) >= 11 is 0. The van der Waals surface area contributed by atoms with Crippen molar-refractivity contribution in [2.45, 2.75) is 20.8 Å². The van der Waals surface area contributed by atoms with Gasteiger partial charge in [-0.2, -0.15) is 0 Å². The maximum atomic E-state index is 12.6. The fraction of sp³-hybridized carbons (Fsp3) is 0.278. The van der Waals surface area contributed by atoms with Crippen LogP contribution in [0.2, 0.25) is 0 Å². The van der Waals surface area contributed by atoms with Crippen LogP contribution in [-0.4, -0.2) is 25.0 Å². The van der Waals surface area contributed by atoms with E-state index in [9.17, 15) is 14.4 Å². The van der Waals surface area contributed by atoms with E-state index < -0.39 is 17.2 Å². The van der Waals surface area contributed by atoms with E-state index in [0.717, 1.165) is 15.8 Å². The molecule has 0 atom stereocenters. The van der Waals surface area contributed by atoms with Crippen molar-refractivity contribution in [2.75, 3.05) is 5.32 Å². The highest BCUT2D eigenvalue weighted by molar-refractivity contribution is 6.04. The zero-order chi connectivity index (χ0) is 19.2. The van der Waals surface area contributed by atoms with Gasteiger partial charge in [-0.15, -0.1) is 0 Å². The molecule has 8 heteroatoms. The predicted octanol–water partition coefficient (Wildman–Crippen LogP) is 1.20. The fourth-order valence-corrected chi connectivity index (χ4v) is 2.97. The number of aryl methyl sites for hydroxylation is 4. The van der Waals surface area contributed by atoms with Gasteiger partial charge in [-0.1, -0.05) is 0 Å². The molecule has 3 rings (SSSR count). The van der Waals surface area contributed by atoms with Crippen molar-refractivity contribution in [1.29, 1.82) is 0 Å². The van der Waals surface area contributed by atoms with E-state index in [1.165, 1.54) is 30.8 Å². The van der Waals surface area contributed by atoms with Crippen LogP contribution in [0.1, 0.15) is 27.4 Å². The van der Waals surface area contributed by atoms with Gasteiger partial charge in [0, 0.05) is 19.8 Å². The molecule has 0 radical (unpaired) electrons. The number of anilines is 1. The Hall–Kier alpha value is -3.29. The SMILES string of the molecule is Cc1cc(C)c(NC(=O)c2ccc3c(=O)n(C)c(=O)n(C)c3n2)c(C)n1. The van der Waals surface area contributed by atoms with Gasteiger partial charge in [0.25, 0.3) is 11.5 Å². The molecule has 0 saturated heterocycles. The zero-order valence-electron chi connectivity index (χ0n) is 15.2. The number of hydrogen-bond donors (Lipinski definition) is 1. The third-order valence-corrected chi connectivity index (χ3v) is 4.30. The topological polar surface area (TPSA) is 98.9 Å². The summed E-state index contributed by atoms with van der Waals surface area (Å²) in [5.74, 6) is -0.433. The number of amides is 1. The first-order valence-corrected chi connectivity index (χ1v) is 8.03. The summed E-state index contributed by atoms with van der Waals surface area (Å²) in [5.41, 5.74) is 2.43. The fourth-order valence-electron chi connectivity index (χ4n) is 2.97. The van der Waals surface area contributed by atoms with Gasteiger partial charge >= 0.3 is 5.69 Å². The van der Waals surface area contributed by atoms with E-state index in [2.05, 4.69) is 15.3 Å². The Labute approximate surface area is 149 Å². The highest BCUT2D eigenvalue weighted by Crippen LogP contribution is 2.20. The average molecular weight is 353 g/mol. The zero-order valence-corrected chi connectivity index (χ0v) is 15.2. The van der Waals surface area contributed by atoms with Gasteiger partial charge in [0.05, 0.1) is 16.8 Å². The molecule has 1 N–H and O–H groups in total. The molecule has 0 spiro atoms. The van der Waals surface area contributed by atoms with Crippen LogP contribution >= 0.6 is 0 Å². The number of nitrogens with one attached hydrogen (secondary N) is 1. The van der Waals surface area contributed by atoms with Crippen molar-refractivity contribution in [3.8, 4) is 0 Å². The second kappa shape index (κ2) is 6.21. The molecule has 3 heterocycles. The summed E-state index contributed by atoms with van der Waals surface area (Å²) in [7, 11) is 2.91. The number of hydrogen-bond acceptors (Lipinski definition) is 5.